The molecular formula is C26H41N5O4. The van der Waals surface area contributed by atoms with E-state index in [4.69, 9.17) is 9.72 Å². The number of imidazole rings is 1. The van der Waals surface area contributed by atoms with Crippen LogP contribution in [0.2, 0.25) is 0 Å². The summed E-state index contributed by atoms with van der Waals surface area (Å²) >= 11 is 0. The summed E-state index contributed by atoms with van der Waals surface area (Å²) in [6.07, 6.45) is 1.18. The summed E-state index contributed by atoms with van der Waals surface area (Å²) < 4.78 is 7.32. The van der Waals surface area contributed by atoms with Crippen LogP contribution < -0.4 is 5.32 Å². The number of carbonyl (C=O) groups excluding carboxylic acids is 2. The second-order valence-corrected chi connectivity index (χ2v) is 9.69. The molecule has 2 saturated heterocycles. The van der Waals surface area contributed by atoms with Gasteiger partial charge in [-0.3, -0.25) is 9.59 Å². The van der Waals surface area contributed by atoms with Crippen molar-refractivity contribution in [2.75, 3.05) is 52.5 Å². The van der Waals surface area contributed by atoms with Gasteiger partial charge in [0.05, 0.1) is 30.2 Å². The lowest BCUT2D eigenvalue weighted by molar-refractivity contribution is -0.140. The minimum Gasteiger partial charge on any atom is -0.396 e. The highest BCUT2D eigenvalue weighted by Gasteiger charge is 2.36. The number of hydrogen-bond donors (Lipinski definition) is 2. The Labute approximate surface area is 208 Å². The van der Waals surface area contributed by atoms with Gasteiger partial charge >= 0.3 is 0 Å². The van der Waals surface area contributed by atoms with Crippen LogP contribution in [0, 0.1) is 11.8 Å². The van der Waals surface area contributed by atoms with Crippen molar-refractivity contribution in [3.63, 3.8) is 0 Å². The number of ether oxygens (including phenoxy) is 1. The number of nitrogens with zero attached hydrogens (tertiary/aromatic N) is 4. The van der Waals surface area contributed by atoms with Crippen molar-refractivity contribution in [2.45, 2.75) is 46.7 Å². The van der Waals surface area contributed by atoms with Crippen molar-refractivity contribution in [2.24, 2.45) is 11.8 Å². The Hall–Kier alpha value is -2.49. The topological polar surface area (TPSA) is 99.9 Å². The smallest absolute Gasteiger partial charge is 0.290 e. The molecule has 9 nitrogen and oxygen atoms in total. The van der Waals surface area contributed by atoms with Gasteiger partial charge in [0, 0.05) is 51.9 Å². The number of morpholine rings is 1. The number of aryl methyl sites for hydroxylation is 1. The van der Waals surface area contributed by atoms with Crippen LogP contribution in [0.15, 0.2) is 24.3 Å². The quantitative estimate of drug-likeness (QED) is 0.591. The second-order valence-electron chi connectivity index (χ2n) is 9.69. The van der Waals surface area contributed by atoms with Crippen LogP contribution >= 0.6 is 0 Å². The van der Waals surface area contributed by atoms with E-state index in [2.05, 4.69) is 19.2 Å². The molecule has 2 aliphatic heterocycles. The number of carbonyl (C=O) groups is 2. The number of aliphatic hydroxyl groups is 1. The number of aliphatic hydroxyl groups excluding tert-OH is 1. The third-order valence-corrected chi connectivity index (χ3v) is 6.65. The molecule has 2 aromatic rings. The summed E-state index contributed by atoms with van der Waals surface area (Å²) in [4.78, 5) is 35.6. The van der Waals surface area contributed by atoms with Crippen molar-refractivity contribution >= 4 is 22.8 Å². The Morgan fingerprint density at radius 2 is 1.97 bits per heavy atom. The van der Waals surface area contributed by atoms with E-state index in [1.54, 1.807) is 0 Å². The van der Waals surface area contributed by atoms with Gasteiger partial charge in [0.1, 0.15) is 0 Å². The number of rotatable bonds is 8. The molecule has 2 amide bonds. The first-order valence-electron chi connectivity index (χ1n) is 12.4. The van der Waals surface area contributed by atoms with Gasteiger partial charge in [0.2, 0.25) is 5.91 Å². The number of aromatic nitrogens is 2. The van der Waals surface area contributed by atoms with Gasteiger partial charge in [0.15, 0.2) is 5.82 Å². The average molecular weight is 488 g/mol. The van der Waals surface area contributed by atoms with Gasteiger partial charge in [-0.05, 0) is 30.9 Å². The Bertz CT molecular complexity index is 985. The number of fused-ring (bicyclic) bond motifs is 1. The molecule has 194 valence electrons. The first kappa shape index (κ1) is 27.1. The summed E-state index contributed by atoms with van der Waals surface area (Å²) in [5.74, 6) is 0.542. The number of hydrogen-bond acceptors (Lipinski definition) is 6. The predicted molar refractivity (Wildman–Crippen MR) is 136 cm³/mol. The molecule has 0 unspecified atom stereocenters. The summed E-state index contributed by atoms with van der Waals surface area (Å²) in [5.41, 5.74) is 1.67. The molecule has 2 fully saturated rings. The van der Waals surface area contributed by atoms with E-state index in [0.29, 0.717) is 71.1 Å². The average Bonchev–Trinajstić information content (AvgIpc) is 3.24. The standard InChI is InChI=1S/C25H37N5O4.CH4/c1-18(2)17-30(20-14-19(15-26-16-20)24(32)28-9-12-34-13-10-28)25(33)23-27-21-6-3-4-7-22(21)29(23)8-5-11-31;/h3-4,6-7,18-20,26,31H,5,8-17H2,1-2H3;1H4/t19-,20+;/m1./s1. The SMILES string of the molecule is C.CC(C)CN(C(=O)c1nc2ccccc2n1CCCO)[C@@H]1CNC[C@H](C(=O)N2CCOCC2)C1. The lowest BCUT2D eigenvalue weighted by atomic mass is 9.92. The maximum atomic E-state index is 14.0. The fourth-order valence-corrected chi connectivity index (χ4v) is 5.00. The van der Waals surface area contributed by atoms with E-state index in [9.17, 15) is 14.7 Å². The Morgan fingerprint density at radius 1 is 1.23 bits per heavy atom. The van der Waals surface area contributed by atoms with E-state index in [1.165, 1.54) is 0 Å². The highest BCUT2D eigenvalue weighted by Crippen LogP contribution is 2.24. The van der Waals surface area contributed by atoms with Crippen molar-refractivity contribution in [1.82, 2.24) is 24.7 Å². The lowest BCUT2D eigenvalue weighted by Crippen LogP contribution is -2.56. The monoisotopic (exact) mass is 487 g/mol. The van der Waals surface area contributed by atoms with Gasteiger partial charge in [-0.2, -0.15) is 0 Å². The van der Waals surface area contributed by atoms with E-state index in [-0.39, 0.29) is 43.7 Å². The minimum absolute atomic E-state index is 0. The van der Waals surface area contributed by atoms with Crippen LogP contribution in [-0.2, 0) is 16.1 Å². The van der Waals surface area contributed by atoms with Gasteiger partial charge in [-0.1, -0.05) is 33.4 Å². The van der Waals surface area contributed by atoms with Gasteiger partial charge in [-0.15, -0.1) is 0 Å². The molecule has 1 aromatic heterocycles. The molecule has 3 heterocycles. The molecule has 9 heteroatoms. The Kier molecular flexibility index (Phi) is 9.65. The molecular weight excluding hydrogens is 446 g/mol. The molecule has 2 atom stereocenters. The maximum absolute atomic E-state index is 14.0. The highest BCUT2D eigenvalue weighted by atomic mass is 16.5. The third-order valence-electron chi connectivity index (χ3n) is 6.65. The first-order chi connectivity index (χ1) is 16.5. The molecule has 1 aromatic carbocycles. The van der Waals surface area contributed by atoms with Crippen LogP contribution in [0.3, 0.4) is 0 Å². The van der Waals surface area contributed by atoms with Crippen molar-refractivity contribution < 1.29 is 19.4 Å². The highest BCUT2D eigenvalue weighted by molar-refractivity contribution is 5.95. The first-order valence-corrected chi connectivity index (χ1v) is 12.4. The zero-order valence-electron chi connectivity index (χ0n) is 20.3. The Morgan fingerprint density at radius 3 is 2.69 bits per heavy atom. The molecule has 2 aliphatic rings. The second kappa shape index (κ2) is 12.5. The van der Waals surface area contributed by atoms with Crippen LogP contribution in [0.4, 0.5) is 0 Å². The predicted octanol–water partition coefficient (Wildman–Crippen LogP) is 1.99. The summed E-state index contributed by atoms with van der Waals surface area (Å²) in [5, 5.41) is 12.8. The van der Waals surface area contributed by atoms with Gasteiger partial charge in [0.25, 0.3) is 5.91 Å². The zero-order valence-corrected chi connectivity index (χ0v) is 20.3. The summed E-state index contributed by atoms with van der Waals surface area (Å²) in [7, 11) is 0. The van der Waals surface area contributed by atoms with E-state index < -0.39 is 0 Å². The molecule has 35 heavy (non-hydrogen) atoms. The van der Waals surface area contributed by atoms with E-state index in [1.807, 2.05) is 38.6 Å². The Balaban J connectivity index is 0.00000342. The van der Waals surface area contributed by atoms with Crippen LogP contribution in [0.1, 0.15) is 44.7 Å². The van der Waals surface area contributed by atoms with Crippen LogP contribution in [0.25, 0.3) is 11.0 Å². The van der Waals surface area contributed by atoms with Crippen molar-refractivity contribution in [1.29, 1.82) is 0 Å². The minimum atomic E-state index is -0.160. The normalized spacial score (nSPS) is 20.6. The number of amides is 2. The van der Waals surface area contributed by atoms with Gasteiger partial charge in [-0.25, -0.2) is 4.98 Å². The summed E-state index contributed by atoms with van der Waals surface area (Å²) in [6.45, 7) is 9.06. The number of benzene rings is 1. The number of piperidine rings is 1. The molecule has 2 N–H and O–H groups in total. The third kappa shape index (κ3) is 6.20. The van der Waals surface area contributed by atoms with Crippen molar-refractivity contribution in [3.05, 3.63) is 30.1 Å². The van der Waals surface area contributed by atoms with Crippen LogP contribution in [-0.4, -0.2) is 94.9 Å². The largest absolute Gasteiger partial charge is 0.396 e. The molecule has 0 spiro atoms. The molecule has 0 radical (unpaired) electrons. The number of para-hydroxylation sites is 2. The lowest BCUT2D eigenvalue weighted by Gasteiger charge is -2.40. The fourth-order valence-electron chi connectivity index (χ4n) is 5.00. The summed E-state index contributed by atoms with van der Waals surface area (Å²) in [6, 6.07) is 7.63. The fraction of sp³-hybridized carbons (Fsp3) is 0.654. The maximum Gasteiger partial charge on any atom is 0.290 e. The number of nitrogens with one attached hydrogen (secondary N) is 1. The molecule has 0 bridgehead atoms. The van der Waals surface area contributed by atoms with Crippen molar-refractivity contribution in [3.8, 4) is 0 Å². The van der Waals surface area contributed by atoms with Gasteiger partial charge < -0.3 is 29.5 Å². The van der Waals surface area contributed by atoms with E-state index >= 15 is 0 Å². The van der Waals surface area contributed by atoms with Crippen LogP contribution in [0.5, 0.6) is 0 Å². The van der Waals surface area contributed by atoms with E-state index in [0.717, 1.165) is 11.0 Å². The molecule has 0 saturated carbocycles. The zero-order chi connectivity index (χ0) is 24.1. The molecule has 0 aliphatic carbocycles. The molecule has 4 rings (SSSR count).